The molecule has 0 atom stereocenters. The van der Waals surface area contributed by atoms with Crippen LogP contribution in [0.2, 0.25) is 0 Å². The van der Waals surface area contributed by atoms with Crippen molar-refractivity contribution in [3.63, 3.8) is 0 Å². The van der Waals surface area contributed by atoms with Gasteiger partial charge in [-0.1, -0.05) is 182 Å². The Hall–Kier alpha value is -6.12. The smallest absolute Gasteiger partial charge is 0.194 e. The maximum absolute atomic E-state index is 15.1. The molecule has 0 saturated heterocycles. The Kier molecular flexibility index (Phi) is 8.97. The zero-order valence-electron chi connectivity index (χ0n) is 26.6. The van der Waals surface area contributed by atoms with Gasteiger partial charge in [0, 0.05) is 22.3 Å². The van der Waals surface area contributed by atoms with Crippen molar-refractivity contribution in [2.75, 3.05) is 0 Å². The van der Waals surface area contributed by atoms with Gasteiger partial charge in [-0.05, 0) is 57.3 Å². The fourth-order valence-electron chi connectivity index (χ4n) is 6.61. The number of benzene rings is 7. The van der Waals surface area contributed by atoms with Crippen LogP contribution in [-0.4, -0.2) is 11.6 Å². The van der Waals surface area contributed by atoms with Crippen molar-refractivity contribution in [3.05, 3.63) is 226 Å². The molecule has 0 N–H and O–H groups in total. The average molecular weight is 619 g/mol. The molecule has 7 aromatic carbocycles. The van der Waals surface area contributed by atoms with Crippen LogP contribution in [-0.2, 0) is 12.8 Å². The molecule has 0 unspecified atom stereocenters. The molecular weight excluding hydrogens is 585 g/mol. The molecule has 0 heterocycles. The molecule has 0 aromatic heterocycles. The minimum atomic E-state index is -0.175. The summed E-state index contributed by atoms with van der Waals surface area (Å²) in [5.74, 6) is -0.349. The van der Waals surface area contributed by atoms with E-state index in [1.165, 1.54) is 0 Å². The molecule has 230 valence electrons. The van der Waals surface area contributed by atoms with E-state index >= 15 is 9.59 Å². The van der Waals surface area contributed by atoms with Gasteiger partial charge in [-0.15, -0.1) is 0 Å². The Balaban J connectivity index is 1.70. The first-order chi connectivity index (χ1) is 23.7. The van der Waals surface area contributed by atoms with Gasteiger partial charge in [-0.25, -0.2) is 0 Å². The Bertz CT molecular complexity index is 2000. The van der Waals surface area contributed by atoms with Crippen molar-refractivity contribution in [3.8, 4) is 22.3 Å². The van der Waals surface area contributed by atoms with E-state index in [4.69, 9.17) is 0 Å². The van der Waals surface area contributed by atoms with E-state index in [0.717, 1.165) is 44.5 Å². The Morgan fingerprint density at radius 3 is 0.917 bits per heavy atom. The van der Waals surface area contributed by atoms with E-state index in [1.54, 1.807) is 0 Å². The maximum Gasteiger partial charge on any atom is 0.194 e. The third kappa shape index (κ3) is 6.29. The lowest BCUT2D eigenvalue weighted by Crippen LogP contribution is -2.19. The Morgan fingerprint density at radius 1 is 0.333 bits per heavy atom. The number of carbonyl (C=O) groups is 2. The molecule has 2 heteroatoms. The summed E-state index contributed by atoms with van der Waals surface area (Å²) < 4.78 is 0. The molecule has 0 aliphatic carbocycles. The first kappa shape index (κ1) is 30.5. The molecule has 7 aromatic rings. The van der Waals surface area contributed by atoms with E-state index in [-0.39, 0.29) is 11.6 Å². The summed E-state index contributed by atoms with van der Waals surface area (Å²) in [6.07, 6.45) is 1.17. The summed E-state index contributed by atoms with van der Waals surface area (Å²) >= 11 is 0. The zero-order chi connectivity index (χ0) is 32.7. The minimum absolute atomic E-state index is 0.175. The topological polar surface area (TPSA) is 34.1 Å². The van der Waals surface area contributed by atoms with Gasteiger partial charge in [-0.3, -0.25) is 9.59 Å². The standard InChI is InChI=1S/C46H34O2/c47-45(37-27-15-5-16-28-37)43-41(35-23-11-3-12-24-35)39(31-33-19-7-1-8-20-33)40(32-34-21-9-2-10-22-34)42(36-25-13-4-14-26-36)44(43)46(48)38-29-17-6-18-30-38/h1-30H,31-32H2. The number of hydrogen-bond donors (Lipinski definition) is 0. The van der Waals surface area contributed by atoms with Gasteiger partial charge in [-0.2, -0.15) is 0 Å². The van der Waals surface area contributed by atoms with E-state index in [1.807, 2.05) is 109 Å². The fraction of sp³-hybridized carbons (Fsp3) is 0.0435. The highest BCUT2D eigenvalue weighted by molar-refractivity contribution is 6.25. The highest BCUT2D eigenvalue weighted by Gasteiger charge is 2.33. The van der Waals surface area contributed by atoms with E-state index in [0.29, 0.717) is 35.1 Å². The highest BCUT2D eigenvalue weighted by Crippen LogP contribution is 2.44. The largest absolute Gasteiger partial charge is 0.289 e. The highest BCUT2D eigenvalue weighted by atomic mass is 16.1. The van der Waals surface area contributed by atoms with Crippen LogP contribution in [0.25, 0.3) is 22.3 Å². The predicted octanol–water partition coefficient (Wildman–Crippen LogP) is 10.7. The lowest BCUT2D eigenvalue weighted by molar-refractivity contribution is 0.100. The molecule has 0 amide bonds. The monoisotopic (exact) mass is 618 g/mol. The van der Waals surface area contributed by atoms with Gasteiger partial charge >= 0.3 is 0 Å². The molecule has 0 saturated carbocycles. The van der Waals surface area contributed by atoms with Gasteiger partial charge in [0.25, 0.3) is 0 Å². The molecule has 48 heavy (non-hydrogen) atoms. The summed E-state index contributed by atoms with van der Waals surface area (Å²) in [4.78, 5) is 30.2. The quantitative estimate of drug-likeness (QED) is 0.143. The summed E-state index contributed by atoms with van der Waals surface area (Å²) in [7, 11) is 0. The van der Waals surface area contributed by atoms with Crippen LogP contribution in [0.5, 0.6) is 0 Å². The third-order valence-electron chi connectivity index (χ3n) is 8.82. The maximum atomic E-state index is 15.1. The normalized spacial score (nSPS) is 10.8. The summed E-state index contributed by atoms with van der Waals surface area (Å²) in [5, 5.41) is 0. The van der Waals surface area contributed by atoms with Gasteiger partial charge in [0.2, 0.25) is 0 Å². The lowest BCUT2D eigenvalue weighted by Gasteiger charge is -2.27. The summed E-state index contributed by atoms with van der Waals surface area (Å²) in [6.45, 7) is 0. The van der Waals surface area contributed by atoms with Crippen LogP contribution < -0.4 is 0 Å². The molecule has 0 radical (unpaired) electrons. The second-order valence-electron chi connectivity index (χ2n) is 11.9. The van der Waals surface area contributed by atoms with E-state index in [2.05, 4.69) is 72.8 Å². The Labute approximate surface area is 282 Å². The fourth-order valence-corrected chi connectivity index (χ4v) is 6.61. The van der Waals surface area contributed by atoms with Crippen LogP contribution in [0.4, 0.5) is 0 Å². The first-order valence-corrected chi connectivity index (χ1v) is 16.3. The number of carbonyl (C=O) groups excluding carboxylic acids is 2. The van der Waals surface area contributed by atoms with Crippen molar-refractivity contribution in [1.82, 2.24) is 0 Å². The molecular formula is C46H34O2. The van der Waals surface area contributed by atoms with Crippen LogP contribution in [0.15, 0.2) is 182 Å². The van der Waals surface area contributed by atoms with E-state index < -0.39 is 0 Å². The van der Waals surface area contributed by atoms with Crippen molar-refractivity contribution >= 4 is 11.6 Å². The van der Waals surface area contributed by atoms with Gasteiger partial charge < -0.3 is 0 Å². The molecule has 0 spiro atoms. The van der Waals surface area contributed by atoms with Gasteiger partial charge in [0.15, 0.2) is 11.6 Å². The number of ketones is 2. The second-order valence-corrected chi connectivity index (χ2v) is 11.9. The molecule has 0 aliphatic rings. The molecule has 0 fully saturated rings. The molecule has 2 nitrogen and oxygen atoms in total. The average Bonchev–Trinajstić information content (AvgIpc) is 3.16. The lowest BCUT2D eigenvalue weighted by atomic mass is 9.74. The van der Waals surface area contributed by atoms with Gasteiger partial charge in [0.1, 0.15) is 0 Å². The molecule has 0 bridgehead atoms. The SMILES string of the molecule is O=C(c1ccccc1)c1c(C(=O)c2ccccc2)c(-c2ccccc2)c(Cc2ccccc2)c(Cc2ccccc2)c1-c1ccccc1. The third-order valence-corrected chi connectivity index (χ3v) is 8.82. The summed E-state index contributed by atoms with van der Waals surface area (Å²) in [5.41, 5.74) is 9.69. The molecule has 7 rings (SSSR count). The van der Waals surface area contributed by atoms with Crippen LogP contribution in [0, 0.1) is 0 Å². The van der Waals surface area contributed by atoms with Crippen LogP contribution in [0.1, 0.15) is 54.1 Å². The minimum Gasteiger partial charge on any atom is -0.289 e. The summed E-state index contributed by atoms with van der Waals surface area (Å²) in [6, 6.07) is 59.6. The van der Waals surface area contributed by atoms with Crippen molar-refractivity contribution in [2.45, 2.75) is 12.8 Å². The van der Waals surface area contributed by atoms with Crippen molar-refractivity contribution in [1.29, 1.82) is 0 Å². The van der Waals surface area contributed by atoms with Crippen LogP contribution in [0.3, 0.4) is 0 Å². The number of hydrogen-bond acceptors (Lipinski definition) is 2. The zero-order valence-corrected chi connectivity index (χ0v) is 26.6. The second kappa shape index (κ2) is 14.1. The van der Waals surface area contributed by atoms with Gasteiger partial charge in [0.05, 0.1) is 0 Å². The first-order valence-electron chi connectivity index (χ1n) is 16.3. The van der Waals surface area contributed by atoms with Crippen LogP contribution >= 0.6 is 0 Å². The Morgan fingerprint density at radius 2 is 0.604 bits per heavy atom. The predicted molar refractivity (Wildman–Crippen MR) is 196 cm³/mol. The van der Waals surface area contributed by atoms with Crippen molar-refractivity contribution in [2.24, 2.45) is 0 Å². The van der Waals surface area contributed by atoms with E-state index in [9.17, 15) is 0 Å². The molecule has 0 aliphatic heterocycles. The van der Waals surface area contributed by atoms with Crippen molar-refractivity contribution < 1.29 is 9.59 Å². The number of rotatable bonds is 10.